The Hall–Kier alpha value is -1.88. The Morgan fingerprint density at radius 2 is 2.21 bits per heavy atom. The number of amides is 1. The number of hydrogen-bond acceptors (Lipinski definition) is 3. The summed E-state index contributed by atoms with van der Waals surface area (Å²) in [4.78, 5) is 12.8. The van der Waals surface area contributed by atoms with E-state index < -0.39 is 5.54 Å². The van der Waals surface area contributed by atoms with Crippen molar-refractivity contribution in [2.45, 2.75) is 33.2 Å². The van der Waals surface area contributed by atoms with Gasteiger partial charge in [-0.05, 0) is 44.2 Å². The van der Waals surface area contributed by atoms with Gasteiger partial charge in [-0.2, -0.15) is 5.10 Å². The van der Waals surface area contributed by atoms with Crippen molar-refractivity contribution in [1.82, 2.24) is 20.4 Å². The van der Waals surface area contributed by atoms with Crippen LogP contribution in [0, 0.1) is 24.2 Å². The summed E-state index contributed by atoms with van der Waals surface area (Å²) in [5.41, 5.74) is 2.92. The van der Waals surface area contributed by atoms with Gasteiger partial charge in [-0.3, -0.25) is 9.48 Å². The van der Waals surface area contributed by atoms with Crippen LogP contribution >= 0.6 is 0 Å². The number of fused-ring (bicyclic) bond motifs is 2. The number of carbonyl (C=O) groups is 1. The third-order valence-electron chi connectivity index (χ3n) is 6.10. The molecular formula is C19H26N4O. The Kier molecular flexibility index (Phi) is 3.14. The molecule has 1 aromatic carbocycles. The van der Waals surface area contributed by atoms with Crippen molar-refractivity contribution in [3.8, 4) is 0 Å². The summed E-state index contributed by atoms with van der Waals surface area (Å²) >= 11 is 0. The van der Waals surface area contributed by atoms with E-state index in [-0.39, 0.29) is 17.2 Å². The van der Waals surface area contributed by atoms with Gasteiger partial charge in [0.25, 0.3) is 0 Å². The first kappa shape index (κ1) is 15.6. The molecule has 2 aliphatic rings. The number of aromatic nitrogens is 2. The highest BCUT2D eigenvalue weighted by Crippen LogP contribution is 2.60. The SMILES string of the molecule is Cc1cccc2c(C(C)(C)NC(=O)C3C4CNCC43C)nn(C)c12. The molecule has 24 heavy (non-hydrogen) atoms. The predicted octanol–water partition coefficient (Wildman–Crippen LogP) is 2.09. The number of aryl methyl sites for hydroxylation is 2. The first-order valence-electron chi connectivity index (χ1n) is 8.71. The summed E-state index contributed by atoms with van der Waals surface area (Å²) in [7, 11) is 1.97. The highest BCUT2D eigenvalue weighted by molar-refractivity contribution is 5.88. The fraction of sp³-hybridized carbons (Fsp3) is 0.579. The molecule has 128 valence electrons. The molecule has 0 radical (unpaired) electrons. The molecule has 0 spiro atoms. The minimum absolute atomic E-state index is 0.134. The topological polar surface area (TPSA) is 59.0 Å². The molecule has 2 fully saturated rings. The normalized spacial score (nSPS) is 28.9. The number of carbonyl (C=O) groups excluding carboxylic acids is 1. The Morgan fingerprint density at radius 3 is 2.88 bits per heavy atom. The van der Waals surface area contributed by atoms with E-state index in [0.29, 0.717) is 5.92 Å². The second-order valence-corrected chi connectivity index (χ2v) is 8.28. The molecule has 0 bridgehead atoms. The first-order valence-corrected chi connectivity index (χ1v) is 8.71. The highest BCUT2D eigenvalue weighted by atomic mass is 16.2. The average molecular weight is 326 g/mol. The maximum Gasteiger partial charge on any atom is 0.224 e. The maximum atomic E-state index is 12.8. The van der Waals surface area contributed by atoms with Crippen molar-refractivity contribution in [3.05, 3.63) is 29.5 Å². The number of benzene rings is 1. The van der Waals surface area contributed by atoms with Crippen molar-refractivity contribution < 1.29 is 4.79 Å². The number of nitrogens with one attached hydrogen (secondary N) is 2. The van der Waals surface area contributed by atoms with Crippen LogP contribution in [0.5, 0.6) is 0 Å². The lowest BCUT2D eigenvalue weighted by atomic mass is 9.95. The Bertz CT molecular complexity index is 837. The van der Waals surface area contributed by atoms with E-state index in [1.165, 1.54) is 5.56 Å². The molecule has 1 saturated heterocycles. The Morgan fingerprint density at radius 1 is 1.46 bits per heavy atom. The molecule has 1 aliphatic heterocycles. The van der Waals surface area contributed by atoms with Gasteiger partial charge in [0.2, 0.25) is 5.91 Å². The second kappa shape index (κ2) is 4.82. The summed E-state index contributed by atoms with van der Waals surface area (Å²) in [6, 6.07) is 6.24. The molecule has 1 aliphatic carbocycles. The number of para-hydroxylation sites is 1. The zero-order valence-corrected chi connectivity index (χ0v) is 15.1. The zero-order chi connectivity index (χ0) is 17.3. The van der Waals surface area contributed by atoms with Crippen LogP contribution in [0.3, 0.4) is 0 Å². The lowest BCUT2D eigenvalue weighted by molar-refractivity contribution is -0.125. The van der Waals surface area contributed by atoms with E-state index in [9.17, 15) is 4.79 Å². The van der Waals surface area contributed by atoms with Gasteiger partial charge in [0, 0.05) is 24.9 Å². The first-order chi connectivity index (χ1) is 11.3. The summed E-state index contributed by atoms with van der Waals surface area (Å²) in [5.74, 6) is 0.784. The molecule has 1 amide bonds. The summed E-state index contributed by atoms with van der Waals surface area (Å²) in [6.45, 7) is 10.3. The van der Waals surface area contributed by atoms with Crippen LogP contribution in [0.15, 0.2) is 18.2 Å². The zero-order valence-electron chi connectivity index (χ0n) is 15.1. The molecule has 1 aromatic heterocycles. The molecule has 5 nitrogen and oxygen atoms in total. The second-order valence-electron chi connectivity index (χ2n) is 8.28. The van der Waals surface area contributed by atoms with Crippen molar-refractivity contribution in [2.75, 3.05) is 13.1 Å². The Balaban J connectivity index is 1.64. The van der Waals surface area contributed by atoms with E-state index in [0.717, 1.165) is 29.7 Å². The highest BCUT2D eigenvalue weighted by Gasteiger charge is 2.67. The summed E-state index contributed by atoms with van der Waals surface area (Å²) < 4.78 is 1.92. The van der Waals surface area contributed by atoms with Crippen LogP contribution in [0.1, 0.15) is 32.0 Å². The van der Waals surface area contributed by atoms with Crippen LogP contribution in [0.2, 0.25) is 0 Å². The minimum Gasteiger partial charge on any atom is -0.345 e. The standard InChI is InChI=1S/C19H26N4O/c1-11-7-6-8-12-15(11)23(5)22-16(12)18(2,3)21-17(24)14-13-9-20-10-19(13,14)4/h6-8,13-14,20H,9-10H2,1-5H3,(H,21,24). The van der Waals surface area contributed by atoms with Gasteiger partial charge in [0.15, 0.2) is 0 Å². The fourth-order valence-electron chi connectivity index (χ4n) is 4.67. The molecule has 1 saturated carbocycles. The van der Waals surface area contributed by atoms with Crippen LogP contribution < -0.4 is 10.6 Å². The average Bonchev–Trinajstić information content (AvgIpc) is 2.79. The molecule has 3 atom stereocenters. The number of rotatable bonds is 3. The van der Waals surface area contributed by atoms with E-state index in [1.807, 2.05) is 25.6 Å². The van der Waals surface area contributed by atoms with Gasteiger partial charge in [-0.1, -0.05) is 25.1 Å². The summed E-state index contributed by atoms with van der Waals surface area (Å²) in [5, 5.41) is 12.5. The van der Waals surface area contributed by atoms with Crippen molar-refractivity contribution in [1.29, 1.82) is 0 Å². The third-order valence-corrected chi connectivity index (χ3v) is 6.10. The van der Waals surface area contributed by atoms with E-state index in [1.54, 1.807) is 0 Å². The van der Waals surface area contributed by atoms with E-state index in [4.69, 9.17) is 5.10 Å². The van der Waals surface area contributed by atoms with Gasteiger partial charge in [-0.15, -0.1) is 0 Å². The van der Waals surface area contributed by atoms with Crippen molar-refractivity contribution in [2.24, 2.45) is 24.3 Å². The van der Waals surface area contributed by atoms with Crippen molar-refractivity contribution in [3.63, 3.8) is 0 Å². The third kappa shape index (κ3) is 2.04. The van der Waals surface area contributed by atoms with Gasteiger partial charge in [-0.25, -0.2) is 0 Å². The smallest absolute Gasteiger partial charge is 0.224 e. The summed E-state index contributed by atoms with van der Waals surface area (Å²) in [6.07, 6.45) is 0. The minimum atomic E-state index is -0.495. The van der Waals surface area contributed by atoms with Crippen molar-refractivity contribution >= 4 is 16.8 Å². The van der Waals surface area contributed by atoms with Crippen LogP contribution in [0.4, 0.5) is 0 Å². The van der Waals surface area contributed by atoms with Gasteiger partial charge >= 0.3 is 0 Å². The number of hydrogen-bond donors (Lipinski definition) is 2. The van der Waals surface area contributed by atoms with Crippen LogP contribution in [-0.2, 0) is 17.4 Å². The molecule has 3 unspecified atom stereocenters. The molecule has 2 N–H and O–H groups in total. The van der Waals surface area contributed by atoms with E-state index >= 15 is 0 Å². The molecule has 4 rings (SSSR count). The van der Waals surface area contributed by atoms with E-state index in [2.05, 4.69) is 42.7 Å². The van der Waals surface area contributed by atoms with Gasteiger partial charge < -0.3 is 10.6 Å². The molecule has 2 aromatic rings. The van der Waals surface area contributed by atoms with Crippen LogP contribution in [0.25, 0.3) is 10.9 Å². The monoisotopic (exact) mass is 326 g/mol. The lowest BCUT2D eigenvalue weighted by Crippen LogP contribution is -2.44. The van der Waals surface area contributed by atoms with Gasteiger partial charge in [0.1, 0.15) is 0 Å². The molecular weight excluding hydrogens is 300 g/mol. The van der Waals surface area contributed by atoms with Gasteiger partial charge in [0.05, 0.1) is 16.7 Å². The molecule has 5 heteroatoms. The lowest BCUT2D eigenvalue weighted by Gasteiger charge is -2.26. The quantitative estimate of drug-likeness (QED) is 0.908. The fourth-order valence-corrected chi connectivity index (χ4v) is 4.67. The largest absolute Gasteiger partial charge is 0.345 e. The number of piperidine rings is 1. The number of nitrogens with zero attached hydrogens (tertiary/aromatic N) is 2. The maximum absolute atomic E-state index is 12.8. The predicted molar refractivity (Wildman–Crippen MR) is 94.6 cm³/mol. The molecule has 2 heterocycles. The Labute approximate surface area is 142 Å². The van der Waals surface area contributed by atoms with Crippen LogP contribution in [-0.4, -0.2) is 28.8 Å².